The number of hydrogen-bond acceptors (Lipinski definition) is 5. The lowest BCUT2D eigenvalue weighted by Crippen LogP contribution is -2.47. The van der Waals surface area contributed by atoms with Gasteiger partial charge in [-0.25, -0.2) is 0 Å². The molecule has 2 aromatic carbocycles. The van der Waals surface area contributed by atoms with Crippen molar-refractivity contribution in [1.29, 1.82) is 0 Å². The number of ketones is 1. The van der Waals surface area contributed by atoms with E-state index in [2.05, 4.69) is 10.6 Å². The molecule has 2 aromatic rings. The fourth-order valence-corrected chi connectivity index (χ4v) is 3.64. The van der Waals surface area contributed by atoms with Gasteiger partial charge in [0.2, 0.25) is 5.91 Å². The lowest BCUT2D eigenvalue weighted by atomic mass is 9.97. The van der Waals surface area contributed by atoms with Crippen molar-refractivity contribution in [3.05, 3.63) is 65.4 Å². The molecule has 1 aliphatic carbocycles. The number of fused-ring (bicyclic) bond motifs is 3. The second kappa shape index (κ2) is 6.64. The molecule has 1 amide bonds. The summed E-state index contributed by atoms with van der Waals surface area (Å²) < 4.78 is 0. The van der Waals surface area contributed by atoms with E-state index in [0.717, 1.165) is 11.1 Å². The van der Waals surface area contributed by atoms with Crippen molar-refractivity contribution >= 4 is 17.4 Å². The fraction of sp³-hybridized carbons (Fsp3) is 0.238. The molecule has 0 aromatic heterocycles. The maximum atomic E-state index is 12.8. The van der Waals surface area contributed by atoms with Gasteiger partial charge in [0.05, 0.1) is 23.5 Å². The minimum Gasteiger partial charge on any atom is -0.391 e. The summed E-state index contributed by atoms with van der Waals surface area (Å²) in [5.74, 6) is -0.561. The number of carbonyl (C=O) groups excluding carboxylic acids is 2. The monoisotopic (exact) mass is 364 g/mol. The number of benzene rings is 2. The Morgan fingerprint density at radius 2 is 1.81 bits per heavy atom. The summed E-state index contributed by atoms with van der Waals surface area (Å²) >= 11 is 0. The summed E-state index contributed by atoms with van der Waals surface area (Å²) in [7, 11) is 0. The summed E-state index contributed by atoms with van der Waals surface area (Å²) in [4.78, 5) is 25.2. The van der Waals surface area contributed by atoms with Gasteiger partial charge < -0.3 is 20.8 Å². The molecule has 27 heavy (non-hydrogen) atoms. The van der Waals surface area contributed by atoms with Crippen LogP contribution < -0.4 is 10.6 Å². The molecule has 3 atom stereocenters. The minimum absolute atomic E-state index is 0.114. The number of rotatable bonds is 2. The van der Waals surface area contributed by atoms with E-state index < -0.39 is 18.1 Å². The predicted molar refractivity (Wildman–Crippen MR) is 101 cm³/mol. The SMILES string of the molecule is C[C@@H]1N/C(=C\C(=O)Nc2cccc3c2C(=O)c2ccccc2-3)C(O)C[C@@H]1O. The fourth-order valence-electron chi connectivity index (χ4n) is 3.64. The van der Waals surface area contributed by atoms with E-state index in [1.165, 1.54) is 6.08 Å². The third-order valence-corrected chi connectivity index (χ3v) is 5.09. The molecular formula is C21H20N2O4. The van der Waals surface area contributed by atoms with Crippen LogP contribution in [0.4, 0.5) is 5.69 Å². The Morgan fingerprint density at radius 1 is 1.11 bits per heavy atom. The van der Waals surface area contributed by atoms with Crippen molar-refractivity contribution in [2.24, 2.45) is 0 Å². The average Bonchev–Trinajstić information content (AvgIpc) is 2.94. The highest BCUT2D eigenvalue weighted by atomic mass is 16.3. The van der Waals surface area contributed by atoms with Crippen LogP contribution in [0.5, 0.6) is 0 Å². The van der Waals surface area contributed by atoms with Crippen molar-refractivity contribution < 1.29 is 19.8 Å². The van der Waals surface area contributed by atoms with Crippen LogP contribution in [0.25, 0.3) is 11.1 Å². The molecule has 6 nitrogen and oxygen atoms in total. The van der Waals surface area contributed by atoms with Gasteiger partial charge in [-0.3, -0.25) is 9.59 Å². The summed E-state index contributed by atoms with van der Waals surface area (Å²) in [5, 5.41) is 25.5. The van der Waals surface area contributed by atoms with Gasteiger partial charge in [-0.1, -0.05) is 36.4 Å². The van der Waals surface area contributed by atoms with Gasteiger partial charge in [-0.2, -0.15) is 0 Å². The first-order valence-electron chi connectivity index (χ1n) is 8.88. The zero-order valence-electron chi connectivity index (χ0n) is 14.8. The second-order valence-corrected chi connectivity index (χ2v) is 6.94. The van der Waals surface area contributed by atoms with Crippen molar-refractivity contribution in [2.45, 2.75) is 31.6 Å². The van der Waals surface area contributed by atoms with E-state index in [0.29, 0.717) is 22.5 Å². The number of hydrogen-bond donors (Lipinski definition) is 4. The van der Waals surface area contributed by atoms with E-state index in [9.17, 15) is 19.8 Å². The smallest absolute Gasteiger partial charge is 0.250 e. The van der Waals surface area contributed by atoms with Crippen LogP contribution in [0, 0.1) is 0 Å². The van der Waals surface area contributed by atoms with E-state index in [1.807, 2.05) is 24.3 Å². The first kappa shape index (κ1) is 17.5. The van der Waals surface area contributed by atoms with Crippen LogP contribution in [-0.4, -0.2) is 40.2 Å². The minimum atomic E-state index is -0.936. The van der Waals surface area contributed by atoms with Gasteiger partial charge in [-0.05, 0) is 24.1 Å². The normalized spacial score (nSPS) is 24.9. The summed E-state index contributed by atoms with van der Waals surface area (Å²) in [6.07, 6.45) is -0.163. The van der Waals surface area contributed by atoms with Crippen molar-refractivity contribution in [1.82, 2.24) is 5.32 Å². The molecule has 6 heteroatoms. The molecule has 0 radical (unpaired) electrons. The molecular weight excluding hydrogens is 344 g/mol. The molecule has 1 aliphatic heterocycles. The Balaban J connectivity index is 1.61. The maximum Gasteiger partial charge on any atom is 0.250 e. The molecule has 2 aliphatic rings. The highest BCUT2D eigenvalue weighted by molar-refractivity contribution is 6.25. The largest absolute Gasteiger partial charge is 0.391 e. The molecule has 138 valence electrons. The summed E-state index contributed by atoms with van der Waals surface area (Å²) in [6.45, 7) is 1.78. The quantitative estimate of drug-likeness (QED) is 0.520. The molecule has 1 fully saturated rings. The Bertz CT molecular complexity index is 966. The van der Waals surface area contributed by atoms with E-state index in [-0.39, 0.29) is 18.2 Å². The van der Waals surface area contributed by atoms with Crippen LogP contribution in [0.15, 0.2) is 54.2 Å². The Hall–Kier alpha value is -2.96. The van der Waals surface area contributed by atoms with Crippen LogP contribution in [0.2, 0.25) is 0 Å². The molecule has 4 N–H and O–H groups in total. The summed E-state index contributed by atoms with van der Waals surface area (Å²) in [6, 6.07) is 12.5. The highest BCUT2D eigenvalue weighted by Crippen LogP contribution is 2.39. The van der Waals surface area contributed by atoms with Crippen molar-refractivity contribution in [2.75, 3.05) is 5.32 Å². The third-order valence-electron chi connectivity index (χ3n) is 5.09. The molecule has 0 bridgehead atoms. The zero-order valence-corrected chi connectivity index (χ0v) is 14.8. The zero-order chi connectivity index (χ0) is 19.1. The lowest BCUT2D eigenvalue weighted by molar-refractivity contribution is -0.112. The molecule has 1 heterocycles. The van der Waals surface area contributed by atoms with E-state index in [1.54, 1.807) is 25.1 Å². The molecule has 0 saturated carbocycles. The lowest BCUT2D eigenvalue weighted by Gasteiger charge is -2.32. The number of nitrogens with one attached hydrogen (secondary N) is 2. The number of aliphatic hydroxyl groups excluding tert-OH is 2. The Kier molecular flexibility index (Phi) is 4.30. The van der Waals surface area contributed by atoms with Crippen LogP contribution >= 0.6 is 0 Å². The van der Waals surface area contributed by atoms with E-state index >= 15 is 0 Å². The number of carbonyl (C=O) groups is 2. The van der Waals surface area contributed by atoms with Gasteiger partial charge >= 0.3 is 0 Å². The molecule has 1 saturated heterocycles. The van der Waals surface area contributed by atoms with Gasteiger partial charge in [-0.15, -0.1) is 0 Å². The van der Waals surface area contributed by atoms with Gasteiger partial charge in [0.1, 0.15) is 0 Å². The summed E-state index contributed by atoms with van der Waals surface area (Å²) in [5.41, 5.74) is 3.56. The van der Waals surface area contributed by atoms with Gasteiger partial charge in [0.15, 0.2) is 5.78 Å². The number of amides is 1. The predicted octanol–water partition coefficient (Wildman–Crippen LogP) is 1.82. The van der Waals surface area contributed by atoms with Gasteiger partial charge in [0.25, 0.3) is 0 Å². The Labute approximate surface area is 156 Å². The number of piperidine rings is 1. The topological polar surface area (TPSA) is 98.7 Å². The molecule has 4 rings (SSSR count). The standard InChI is InChI=1S/C21H20N2O4/c1-11-17(24)10-18(25)16(22-11)9-19(26)23-15-8-4-7-13-12-5-2-3-6-14(12)21(27)20(13)15/h2-9,11,17-18,22,24-25H,10H2,1H3,(H,23,26)/b16-9-/t11-,17-,18?/m0/s1. The second-order valence-electron chi connectivity index (χ2n) is 6.94. The van der Waals surface area contributed by atoms with Crippen LogP contribution in [0.3, 0.4) is 0 Å². The van der Waals surface area contributed by atoms with E-state index in [4.69, 9.17) is 0 Å². The van der Waals surface area contributed by atoms with Crippen molar-refractivity contribution in [3.8, 4) is 11.1 Å². The molecule has 1 unspecified atom stereocenters. The maximum absolute atomic E-state index is 12.8. The Morgan fingerprint density at radius 3 is 2.59 bits per heavy atom. The average molecular weight is 364 g/mol. The number of anilines is 1. The third kappa shape index (κ3) is 3.03. The van der Waals surface area contributed by atoms with Crippen LogP contribution in [-0.2, 0) is 4.79 Å². The molecule has 0 spiro atoms. The first-order valence-corrected chi connectivity index (χ1v) is 8.88. The number of aliphatic hydroxyl groups is 2. The van der Waals surface area contributed by atoms with Crippen LogP contribution in [0.1, 0.15) is 29.3 Å². The van der Waals surface area contributed by atoms with Crippen molar-refractivity contribution in [3.63, 3.8) is 0 Å². The highest BCUT2D eigenvalue weighted by Gasteiger charge is 2.30. The first-order chi connectivity index (χ1) is 13.0. The van der Waals surface area contributed by atoms with Gasteiger partial charge in [0, 0.05) is 29.8 Å².